The molecule has 2 aromatic carbocycles. The minimum Gasteiger partial charge on any atom is -0.354 e. The van der Waals surface area contributed by atoms with E-state index < -0.39 is 0 Å². The molecule has 4 rings (SSSR count). The Kier molecular flexibility index (Phi) is 3.75. The zero-order valence-corrected chi connectivity index (χ0v) is 14.1. The minimum atomic E-state index is -0.00928. The van der Waals surface area contributed by atoms with Gasteiger partial charge >= 0.3 is 0 Å². The molecule has 0 fully saturated rings. The van der Waals surface area contributed by atoms with Gasteiger partial charge in [0.05, 0.1) is 20.8 Å². The van der Waals surface area contributed by atoms with Crippen molar-refractivity contribution in [2.24, 2.45) is 0 Å². The van der Waals surface area contributed by atoms with Crippen LogP contribution in [0.3, 0.4) is 0 Å². The number of para-hydroxylation sites is 1. The van der Waals surface area contributed by atoms with E-state index >= 15 is 0 Å². The molecule has 1 heterocycles. The number of nitrogens with one attached hydrogen (secondary N) is 1. The van der Waals surface area contributed by atoms with Crippen molar-refractivity contribution < 1.29 is 0 Å². The van der Waals surface area contributed by atoms with Gasteiger partial charge in [0.2, 0.25) is 0 Å². The van der Waals surface area contributed by atoms with Crippen molar-refractivity contribution in [3.05, 3.63) is 76.5 Å². The first-order valence-electron chi connectivity index (χ1n) is 7.92. The number of nitrogens with zero attached hydrogens (tertiary/aromatic N) is 1. The number of fused-ring (bicyclic) bond motifs is 2. The SMILES string of the molecule is CCc1ccc2nc3c(Nc4ccccc4)cc(=O)cc-3sc2c1. The van der Waals surface area contributed by atoms with Crippen molar-refractivity contribution in [2.75, 3.05) is 5.32 Å². The number of hydrogen-bond donors (Lipinski definition) is 1. The summed E-state index contributed by atoms with van der Waals surface area (Å²) in [5.41, 5.74) is 4.75. The Labute approximate surface area is 144 Å². The van der Waals surface area contributed by atoms with Crippen LogP contribution in [0.5, 0.6) is 0 Å². The highest BCUT2D eigenvalue weighted by molar-refractivity contribution is 7.21. The lowest BCUT2D eigenvalue weighted by molar-refractivity contribution is 1.15. The number of hydrogen-bond acceptors (Lipinski definition) is 4. The van der Waals surface area contributed by atoms with E-state index in [1.165, 1.54) is 5.56 Å². The first-order valence-corrected chi connectivity index (χ1v) is 8.74. The molecule has 24 heavy (non-hydrogen) atoms. The van der Waals surface area contributed by atoms with Gasteiger partial charge < -0.3 is 5.32 Å². The molecule has 1 aliphatic heterocycles. The highest BCUT2D eigenvalue weighted by Gasteiger charge is 2.14. The van der Waals surface area contributed by atoms with E-state index in [4.69, 9.17) is 4.98 Å². The molecule has 1 N–H and O–H groups in total. The van der Waals surface area contributed by atoms with Crippen molar-refractivity contribution in [1.29, 1.82) is 0 Å². The molecule has 0 spiro atoms. The Morgan fingerprint density at radius 2 is 1.88 bits per heavy atom. The Balaban J connectivity index is 1.91. The second kappa shape index (κ2) is 6.06. The fourth-order valence-electron chi connectivity index (χ4n) is 2.74. The van der Waals surface area contributed by atoms with Crippen molar-refractivity contribution in [3.8, 4) is 10.6 Å². The highest BCUT2D eigenvalue weighted by atomic mass is 32.1. The molecule has 2 aromatic rings. The van der Waals surface area contributed by atoms with Gasteiger partial charge in [0.25, 0.3) is 0 Å². The van der Waals surface area contributed by atoms with E-state index in [0.717, 1.165) is 38.6 Å². The van der Waals surface area contributed by atoms with Crippen molar-refractivity contribution in [3.63, 3.8) is 0 Å². The third kappa shape index (κ3) is 2.76. The van der Waals surface area contributed by atoms with Crippen molar-refractivity contribution in [1.82, 2.24) is 4.98 Å². The molecule has 0 unspecified atom stereocenters. The molecule has 4 heteroatoms. The fraction of sp³-hybridized carbons (Fsp3) is 0.100. The fourth-order valence-corrected chi connectivity index (χ4v) is 3.83. The molecule has 0 saturated carbocycles. The van der Waals surface area contributed by atoms with Gasteiger partial charge in [0, 0.05) is 17.8 Å². The van der Waals surface area contributed by atoms with Crippen LogP contribution in [0.4, 0.5) is 11.4 Å². The number of rotatable bonds is 3. The molecule has 3 nitrogen and oxygen atoms in total. The largest absolute Gasteiger partial charge is 0.354 e. The van der Waals surface area contributed by atoms with Crippen LogP contribution in [0.25, 0.3) is 20.8 Å². The smallest absolute Gasteiger partial charge is 0.182 e. The summed E-state index contributed by atoms with van der Waals surface area (Å²) in [7, 11) is 0. The second-order valence-corrected chi connectivity index (χ2v) is 6.76. The van der Waals surface area contributed by atoms with Crippen LogP contribution in [0.2, 0.25) is 0 Å². The van der Waals surface area contributed by atoms with Gasteiger partial charge in [-0.3, -0.25) is 4.79 Å². The Bertz CT molecular complexity index is 1040. The summed E-state index contributed by atoms with van der Waals surface area (Å²) >= 11 is 1.62. The van der Waals surface area contributed by atoms with E-state index in [0.29, 0.717) is 0 Å². The van der Waals surface area contributed by atoms with Crippen molar-refractivity contribution in [2.45, 2.75) is 13.3 Å². The topological polar surface area (TPSA) is 42.0 Å². The van der Waals surface area contributed by atoms with Crippen LogP contribution in [0, 0.1) is 0 Å². The van der Waals surface area contributed by atoms with Gasteiger partial charge in [-0.15, -0.1) is 11.3 Å². The van der Waals surface area contributed by atoms with Crippen LogP contribution >= 0.6 is 11.3 Å². The standard InChI is InChI=1S/C20H16N2OS/c1-2-13-8-9-16-18(10-13)24-19-12-15(23)11-17(20(19)22-16)21-14-6-4-3-5-7-14/h3-12,21H,2H2,1H3. The lowest BCUT2D eigenvalue weighted by Gasteiger charge is -2.13. The lowest BCUT2D eigenvalue weighted by atomic mass is 10.1. The van der Waals surface area contributed by atoms with Crippen LogP contribution < -0.4 is 10.7 Å². The summed E-state index contributed by atoms with van der Waals surface area (Å²) in [6.07, 6.45) is 0.989. The highest BCUT2D eigenvalue weighted by Crippen LogP contribution is 2.35. The van der Waals surface area contributed by atoms with Gasteiger partial charge in [0.15, 0.2) is 5.43 Å². The van der Waals surface area contributed by atoms with Crippen LogP contribution in [0.15, 0.2) is 65.5 Å². The van der Waals surface area contributed by atoms with Gasteiger partial charge in [-0.25, -0.2) is 4.98 Å². The van der Waals surface area contributed by atoms with Crippen LogP contribution in [-0.2, 0) is 6.42 Å². The van der Waals surface area contributed by atoms with Crippen LogP contribution in [-0.4, -0.2) is 4.98 Å². The quantitative estimate of drug-likeness (QED) is 0.533. The van der Waals surface area contributed by atoms with E-state index in [-0.39, 0.29) is 5.43 Å². The Morgan fingerprint density at radius 1 is 1.04 bits per heavy atom. The summed E-state index contributed by atoms with van der Waals surface area (Å²) in [6, 6.07) is 19.4. The Morgan fingerprint density at radius 3 is 2.67 bits per heavy atom. The maximum atomic E-state index is 12.1. The van der Waals surface area contributed by atoms with E-state index in [1.54, 1.807) is 23.5 Å². The molecule has 1 aliphatic carbocycles. The summed E-state index contributed by atoms with van der Waals surface area (Å²) in [6.45, 7) is 2.14. The Hall–Kier alpha value is -2.72. The van der Waals surface area contributed by atoms with E-state index in [1.807, 2.05) is 30.3 Å². The summed E-state index contributed by atoms with van der Waals surface area (Å²) in [5.74, 6) is 0. The van der Waals surface area contributed by atoms with Crippen molar-refractivity contribution >= 4 is 32.9 Å². The number of aromatic nitrogens is 1. The molecule has 0 radical (unpaired) electrons. The predicted octanol–water partition coefficient (Wildman–Crippen LogP) is 5.07. The summed E-state index contributed by atoms with van der Waals surface area (Å²) < 4.78 is 1.11. The zero-order valence-electron chi connectivity index (χ0n) is 13.2. The summed E-state index contributed by atoms with van der Waals surface area (Å²) in [4.78, 5) is 17.8. The van der Waals surface area contributed by atoms with Gasteiger partial charge in [-0.2, -0.15) is 0 Å². The minimum absolute atomic E-state index is 0.00928. The number of aryl methyl sites for hydroxylation is 1. The maximum absolute atomic E-state index is 12.1. The third-order valence-corrected chi connectivity index (χ3v) is 5.06. The molecule has 0 aromatic heterocycles. The average Bonchev–Trinajstić information content (AvgIpc) is 2.60. The number of benzene rings is 3. The third-order valence-electron chi connectivity index (χ3n) is 3.99. The molecule has 0 amide bonds. The zero-order chi connectivity index (χ0) is 16.5. The molecular weight excluding hydrogens is 316 g/mol. The normalized spacial score (nSPS) is 11.0. The summed E-state index contributed by atoms with van der Waals surface area (Å²) in [5, 5.41) is 3.32. The first-order chi connectivity index (χ1) is 11.7. The second-order valence-electron chi connectivity index (χ2n) is 5.68. The predicted molar refractivity (Wildman–Crippen MR) is 102 cm³/mol. The maximum Gasteiger partial charge on any atom is 0.182 e. The molecule has 0 saturated heterocycles. The lowest BCUT2D eigenvalue weighted by Crippen LogP contribution is -2.04. The van der Waals surface area contributed by atoms with Gasteiger partial charge in [-0.05, 0) is 36.2 Å². The number of anilines is 2. The first kappa shape index (κ1) is 14.8. The van der Waals surface area contributed by atoms with E-state index in [9.17, 15) is 4.79 Å². The van der Waals surface area contributed by atoms with Crippen LogP contribution in [0.1, 0.15) is 12.5 Å². The van der Waals surface area contributed by atoms with Gasteiger partial charge in [0.1, 0.15) is 5.69 Å². The van der Waals surface area contributed by atoms with Gasteiger partial charge in [-0.1, -0.05) is 31.2 Å². The molecule has 0 atom stereocenters. The van der Waals surface area contributed by atoms with E-state index in [2.05, 4.69) is 30.4 Å². The molecule has 118 valence electrons. The monoisotopic (exact) mass is 332 g/mol. The molecular formula is C20H16N2OS. The molecule has 0 bridgehead atoms. The average molecular weight is 332 g/mol. The molecule has 2 aliphatic rings.